The van der Waals surface area contributed by atoms with E-state index in [9.17, 15) is 5.11 Å². The molecule has 2 nitrogen and oxygen atoms in total. The van der Waals surface area contributed by atoms with Crippen molar-refractivity contribution in [2.75, 3.05) is 13.6 Å². The second kappa shape index (κ2) is 5.35. The van der Waals surface area contributed by atoms with Crippen molar-refractivity contribution in [2.24, 2.45) is 0 Å². The number of aliphatic hydroxyl groups is 1. The Balaban J connectivity index is 2.56. The number of aliphatic hydroxyl groups excluding tert-OH is 1. The van der Waals surface area contributed by atoms with Crippen LogP contribution in [0.1, 0.15) is 12.5 Å². The Bertz CT molecular complexity index is 288. The topological polar surface area (TPSA) is 23.5 Å². The van der Waals surface area contributed by atoms with Gasteiger partial charge in [-0.3, -0.25) is 4.90 Å². The first-order chi connectivity index (χ1) is 6.59. The smallest absolute Gasteiger partial charge is 0.0639 e. The maximum atomic E-state index is 9.20. The third kappa shape index (κ3) is 3.66. The lowest BCUT2D eigenvalue weighted by Crippen LogP contribution is -2.26. The van der Waals surface area contributed by atoms with E-state index in [1.165, 1.54) is 0 Å². The second-order valence-electron chi connectivity index (χ2n) is 3.64. The molecule has 0 aromatic heterocycles. The Morgan fingerprint density at radius 1 is 1.43 bits per heavy atom. The maximum Gasteiger partial charge on any atom is 0.0639 e. The van der Waals surface area contributed by atoms with E-state index in [1.807, 2.05) is 36.2 Å². The number of hydrogen-bond acceptors (Lipinski definition) is 2. The van der Waals surface area contributed by atoms with Crippen molar-refractivity contribution in [3.8, 4) is 0 Å². The van der Waals surface area contributed by atoms with Crippen LogP contribution < -0.4 is 0 Å². The summed E-state index contributed by atoms with van der Waals surface area (Å²) in [5, 5.41) is 9.98. The quantitative estimate of drug-likeness (QED) is 0.829. The fraction of sp³-hybridized carbons (Fsp3) is 0.455. The molecule has 1 N–H and O–H groups in total. The van der Waals surface area contributed by atoms with Gasteiger partial charge in [0.2, 0.25) is 0 Å². The molecule has 0 saturated heterocycles. The van der Waals surface area contributed by atoms with Crippen molar-refractivity contribution >= 4 is 11.6 Å². The molecule has 78 valence electrons. The highest BCUT2D eigenvalue weighted by Crippen LogP contribution is 2.16. The summed E-state index contributed by atoms with van der Waals surface area (Å²) in [6.07, 6.45) is -0.303. The number of nitrogens with zero attached hydrogens (tertiary/aromatic N) is 1. The van der Waals surface area contributed by atoms with Crippen molar-refractivity contribution in [3.05, 3.63) is 34.9 Å². The van der Waals surface area contributed by atoms with Crippen LogP contribution in [-0.4, -0.2) is 29.7 Å². The van der Waals surface area contributed by atoms with Gasteiger partial charge in [0.1, 0.15) is 0 Å². The van der Waals surface area contributed by atoms with Gasteiger partial charge in [-0.2, -0.15) is 0 Å². The fourth-order valence-electron chi connectivity index (χ4n) is 1.43. The molecule has 0 fully saturated rings. The van der Waals surface area contributed by atoms with E-state index < -0.39 is 0 Å². The minimum absolute atomic E-state index is 0.303. The molecule has 0 spiro atoms. The molecule has 1 aromatic rings. The summed E-state index contributed by atoms with van der Waals surface area (Å²) in [4.78, 5) is 2.05. The minimum Gasteiger partial charge on any atom is -0.392 e. The fourth-order valence-corrected chi connectivity index (χ4v) is 1.63. The summed E-state index contributed by atoms with van der Waals surface area (Å²) in [6.45, 7) is 3.21. The molecule has 0 aliphatic rings. The van der Waals surface area contributed by atoms with E-state index in [-0.39, 0.29) is 6.10 Å². The highest BCUT2D eigenvalue weighted by atomic mass is 35.5. The maximum absolute atomic E-state index is 9.20. The van der Waals surface area contributed by atoms with Crippen molar-refractivity contribution in [3.63, 3.8) is 0 Å². The molecular formula is C11H16ClNO. The van der Waals surface area contributed by atoms with Gasteiger partial charge < -0.3 is 5.11 Å². The van der Waals surface area contributed by atoms with Gasteiger partial charge >= 0.3 is 0 Å². The normalized spacial score (nSPS) is 13.2. The predicted molar refractivity (Wildman–Crippen MR) is 59.5 cm³/mol. The van der Waals surface area contributed by atoms with E-state index in [1.54, 1.807) is 6.92 Å². The average molecular weight is 214 g/mol. The van der Waals surface area contributed by atoms with Crippen molar-refractivity contribution in [1.29, 1.82) is 0 Å². The van der Waals surface area contributed by atoms with E-state index >= 15 is 0 Å². The summed E-state index contributed by atoms with van der Waals surface area (Å²) in [7, 11) is 1.97. The van der Waals surface area contributed by atoms with Crippen LogP contribution >= 0.6 is 11.6 Å². The molecule has 0 aliphatic heterocycles. The summed E-state index contributed by atoms with van der Waals surface area (Å²) in [5.41, 5.74) is 1.09. The molecule has 1 aromatic carbocycles. The van der Waals surface area contributed by atoms with Gasteiger partial charge in [-0.05, 0) is 25.6 Å². The molecule has 1 rings (SSSR count). The predicted octanol–water partition coefficient (Wildman–Crippen LogP) is 2.15. The Hall–Kier alpha value is -0.570. The zero-order valence-electron chi connectivity index (χ0n) is 8.57. The van der Waals surface area contributed by atoms with E-state index in [4.69, 9.17) is 11.6 Å². The first-order valence-corrected chi connectivity index (χ1v) is 5.07. The highest BCUT2D eigenvalue weighted by Gasteiger charge is 2.05. The monoisotopic (exact) mass is 213 g/mol. The lowest BCUT2D eigenvalue weighted by atomic mass is 10.2. The molecule has 0 unspecified atom stereocenters. The lowest BCUT2D eigenvalue weighted by Gasteiger charge is -2.18. The van der Waals surface area contributed by atoms with Crippen LogP contribution in [0.2, 0.25) is 5.02 Å². The van der Waals surface area contributed by atoms with Crippen LogP contribution in [0, 0.1) is 0 Å². The molecule has 0 radical (unpaired) electrons. The van der Waals surface area contributed by atoms with Crippen LogP contribution in [0.25, 0.3) is 0 Å². The largest absolute Gasteiger partial charge is 0.392 e. The third-order valence-electron chi connectivity index (χ3n) is 1.97. The summed E-state index contributed by atoms with van der Waals surface area (Å²) in [6, 6.07) is 7.77. The molecule has 1 atom stereocenters. The molecule has 0 heterocycles. The summed E-state index contributed by atoms with van der Waals surface area (Å²) >= 11 is 6.02. The molecular weight excluding hydrogens is 198 g/mol. The Morgan fingerprint density at radius 3 is 2.64 bits per heavy atom. The van der Waals surface area contributed by atoms with E-state index in [2.05, 4.69) is 0 Å². The highest BCUT2D eigenvalue weighted by molar-refractivity contribution is 6.31. The first kappa shape index (κ1) is 11.5. The standard InChI is InChI=1S/C11H16ClNO/c1-9(14)7-13(2)8-10-5-3-4-6-11(10)12/h3-6,9,14H,7-8H2,1-2H3/t9-/m1/s1. The zero-order chi connectivity index (χ0) is 10.6. The van der Waals surface area contributed by atoms with Gasteiger partial charge in [0.15, 0.2) is 0 Å². The molecule has 14 heavy (non-hydrogen) atoms. The third-order valence-corrected chi connectivity index (χ3v) is 2.34. The molecule has 0 bridgehead atoms. The van der Waals surface area contributed by atoms with Gasteiger partial charge in [0.05, 0.1) is 6.10 Å². The van der Waals surface area contributed by atoms with Crippen LogP contribution in [0.4, 0.5) is 0 Å². The van der Waals surface area contributed by atoms with Crippen molar-refractivity contribution < 1.29 is 5.11 Å². The number of likely N-dealkylation sites (N-methyl/N-ethyl adjacent to an activating group) is 1. The first-order valence-electron chi connectivity index (χ1n) is 4.69. The van der Waals surface area contributed by atoms with E-state index in [0.29, 0.717) is 6.54 Å². The van der Waals surface area contributed by atoms with Gasteiger partial charge in [-0.1, -0.05) is 29.8 Å². The number of benzene rings is 1. The van der Waals surface area contributed by atoms with Crippen LogP contribution in [0.15, 0.2) is 24.3 Å². The van der Waals surface area contributed by atoms with Gasteiger partial charge in [0.25, 0.3) is 0 Å². The number of hydrogen-bond donors (Lipinski definition) is 1. The van der Waals surface area contributed by atoms with Gasteiger partial charge in [0, 0.05) is 18.1 Å². The van der Waals surface area contributed by atoms with E-state index in [0.717, 1.165) is 17.1 Å². The Labute approximate surface area is 90.1 Å². The zero-order valence-corrected chi connectivity index (χ0v) is 9.33. The van der Waals surface area contributed by atoms with Gasteiger partial charge in [-0.15, -0.1) is 0 Å². The summed E-state index contributed by atoms with van der Waals surface area (Å²) in [5.74, 6) is 0. The lowest BCUT2D eigenvalue weighted by molar-refractivity contribution is 0.138. The molecule has 0 saturated carbocycles. The van der Waals surface area contributed by atoms with Crippen LogP contribution in [0.5, 0.6) is 0 Å². The SMILES string of the molecule is C[C@@H](O)CN(C)Cc1ccccc1Cl. The second-order valence-corrected chi connectivity index (χ2v) is 4.04. The Morgan fingerprint density at radius 2 is 2.07 bits per heavy atom. The Kier molecular flexibility index (Phi) is 4.39. The van der Waals surface area contributed by atoms with Crippen molar-refractivity contribution in [1.82, 2.24) is 4.90 Å². The molecule has 0 aliphatic carbocycles. The van der Waals surface area contributed by atoms with Gasteiger partial charge in [-0.25, -0.2) is 0 Å². The molecule has 3 heteroatoms. The summed E-state index contributed by atoms with van der Waals surface area (Å²) < 4.78 is 0. The molecule has 0 amide bonds. The average Bonchev–Trinajstić information content (AvgIpc) is 2.07. The minimum atomic E-state index is -0.303. The van der Waals surface area contributed by atoms with Crippen LogP contribution in [-0.2, 0) is 6.54 Å². The van der Waals surface area contributed by atoms with Crippen molar-refractivity contribution in [2.45, 2.75) is 19.6 Å². The number of rotatable bonds is 4. The number of halogens is 1. The van der Waals surface area contributed by atoms with Crippen LogP contribution in [0.3, 0.4) is 0 Å².